The molecule has 0 N–H and O–H groups in total. The first-order valence-corrected chi connectivity index (χ1v) is 8.18. The Hall–Kier alpha value is -1.45. The van der Waals surface area contributed by atoms with Gasteiger partial charge in [-0.15, -0.1) is 22.7 Å². The van der Waals surface area contributed by atoms with Crippen LogP contribution >= 0.6 is 22.7 Å². The number of rotatable bonds is 2. The van der Waals surface area contributed by atoms with Gasteiger partial charge in [-0.3, -0.25) is 4.79 Å². The zero-order valence-electron chi connectivity index (χ0n) is 11.2. The fourth-order valence-electron chi connectivity index (χ4n) is 2.08. The molecule has 0 radical (unpaired) electrons. The van der Waals surface area contributed by atoms with Gasteiger partial charge in [-0.1, -0.05) is 6.07 Å². The van der Waals surface area contributed by atoms with Gasteiger partial charge >= 0.3 is 6.18 Å². The van der Waals surface area contributed by atoms with E-state index < -0.39 is 24.7 Å². The fourth-order valence-corrected chi connectivity index (χ4v) is 3.69. The number of carbonyl (C=O) groups is 1. The van der Waals surface area contributed by atoms with E-state index in [0.717, 1.165) is 9.78 Å². The molecule has 0 bridgehead atoms. The summed E-state index contributed by atoms with van der Waals surface area (Å²) >= 11 is 2.80. The van der Waals surface area contributed by atoms with Crippen LogP contribution in [0.4, 0.5) is 13.2 Å². The molecule has 3 rings (SSSR count). The zero-order chi connectivity index (χ0) is 15.7. The van der Waals surface area contributed by atoms with Crippen molar-refractivity contribution < 1.29 is 22.7 Å². The molecule has 9 heteroatoms. The Bertz CT molecular complexity index is 655. The van der Waals surface area contributed by atoms with Gasteiger partial charge in [0.1, 0.15) is 10.7 Å². The molecule has 3 heterocycles. The van der Waals surface area contributed by atoms with Crippen molar-refractivity contribution in [2.45, 2.75) is 12.3 Å². The van der Waals surface area contributed by atoms with E-state index in [-0.39, 0.29) is 18.8 Å². The number of ether oxygens (including phenoxy) is 1. The number of morpholine rings is 1. The maximum absolute atomic E-state index is 12.7. The molecule has 22 heavy (non-hydrogen) atoms. The normalized spacial score (nSPS) is 19.4. The molecule has 118 valence electrons. The molecule has 2 aromatic rings. The lowest BCUT2D eigenvalue weighted by Crippen LogP contribution is -2.51. The molecular weight excluding hydrogens is 337 g/mol. The number of amides is 1. The van der Waals surface area contributed by atoms with Crippen LogP contribution in [0, 0.1) is 0 Å². The number of carbonyl (C=O) groups excluding carboxylic acids is 1. The Morgan fingerprint density at radius 1 is 1.41 bits per heavy atom. The molecule has 1 atom stereocenters. The van der Waals surface area contributed by atoms with Gasteiger partial charge < -0.3 is 9.64 Å². The van der Waals surface area contributed by atoms with E-state index in [0.29, 0.717) is 5.01 Å². The van der Waals surface area contributed by atoms with Gasteiger partial charge in [0.25, 0.3) is 5.91 Å². The summed E-state index contributed by atoms with van der Waals surface area (Å²) in [5.74, 6) is -0.489. The summed E-state index contributed by atoms with van der Waals surface area (Å²) in [6, 6.07) is 3.75. The summed E-state index contributed by atoms with van der Waals surface area (Å²) in [7, 11) is 0. The average molecular weight is 348 g/mol. The number of hydrogen-bond donors (Lipinski definition) is 0. The summed E-state index contributed by atoms with van der Waals surface area (Å²) in [6.07, 6.45) is -6.40. The first-order valence-electron chi connectivity index (χ1n) is 6.42. The lowest BCUT2D eigenvalue weighted by Gasteiger charge is -2.33. The molecule has 0 aliphatic carbocycles. The van der Waals surface area contributed by atoms with Gasteiger partial charge in [0.05, 0.1) is 18.0 Å². The molecule has 0 saturated carbocycles. The van der Waals surface area contributed by atoms with Gasteiger partial charge in [-0.05, 0) is 11.4 Å². The van der Waals surface area contributed by atoms with Crippen LogP contribution in [0.5, 0.6) is 0 Å². The summed E-state index contributed by atoms with van der Waals surface area (Å²) in [6.45, 7) is -0.483. The van der Waals surface area contributed by atoms with Crippen LogP contribution in [-0.4, -0.2) is 47.8 Å². The van der Waals surface area contributed by atoms with Crippen molar-refractivity contribution in [3.05, 3.63) is 28.6 Å². The van der Waals surface area contributed by atoms with Crippen LogP contribution < -0.4 is 0 Å². The molecular formula is C13H11F3N2O2S2. The van der Waals surface area contributed by atoms with Crippen molar-refractivity contribution in [2.75, 3.05) is 19.7 Å². The molecule has 1 fully saturated rings. The summed E-state index contributed by atoms with van der Waals surface area (Å²) in [5.41, 5.74) is 0.177. The highest BCUT2D eigenvalue weighted by Crippen LogP contribution is 2.29. The molecule has 1 unspecified atom stereocenters. The lowest BCUT2D eigenvalue weighted by molar-refractivity contribution is -0.233. The van der Waals surface area contributed by atoms with E-state index in [9.17, 15) is 18.0 Å². The van der Waals surface area contributed by atoms with Gasteiger partial charge in [0, 0.05) is 11.9 Å². The predicted octanol–water partition coefficient (Wildman–Crippen LogP) is 3.27. The Labute approximate surface area is 132 Å². The second-order valence-corrected chi connectivity index (χ2v) is 6.47. The molecule has 2 aromatic heterocycles. The van der Waals surface area contributed by atoms with Gasteiger partial charge in [0.15, 0.2) is 6.10 Å². The SMILES string of the molecule is O=C(c1csc(-c2cccs2)n1)N1CCOC(C(F)(F)F)C1. The van der Waals surface area contributed by atoms with Gasteiger partial charge in [-0.25, -0.2) is 4.98 Å². The second-order valence-electron chi connectivity index (χ2n) is 4.67. The van der Waals surface area contributed by atoms with Crippen LogP contribution in [0.15, 0.2) is 22.9 Å². The summed E-state index contributed by atoms with van der Waals surface area (Å²) < 4.78 is 42.8. The number of thiophene rings is 1. The highest BCUT2D eigenvalue weighted by molar-refractivity contribution is 7.20. The predicted molar refractivity (Wildman–Crippen MR) is 77.1 cm³/mol. The van der Waals surface area contributed by atoms with Crippen molar-refractivity contribution in [1.82, 2.24) is 9.88 Å². The molecule has 1 aliphatic heterocycles. The van der Waals surface area contributed by atoms with Crippen LogP contribution in [0.25, 0.3) is 9.88 Å². The molecule has 0 aromatic carbocycles. The Kier molecular flexibility index (Phi) is 4.20. The minimum atomic E-state index is -4.47. The Morgan fingerprint density at radius 2 is 2.23 bits per heavy atom. The summed E-state index contributed by atoms with van der Waals surface area (Å²) in [5, 5.41) is 4.17. The second kappa shape index (κ2) is 5.98. The summed E-state index contributed by atoms with van der Waals surface area (Å²) in [4.78, 5) is 18.6. The smallest absolute Gasteiger partial charge is 0.365 e. The monoisotopic (exact) mass is 348 g/mol. The molecule has 1 amide bonds. The third kappa shape index (κ3) is 3.16. The van der Waals surface area contributed by atoms with E-state index in [4.69, 9.17) is 0 Å². The maximum Gasteiger partial charge on any atom is 0.416 e. The van der Waals surface area contributed by atoms with Crippen LogP contribution in [0.1, 0.15) is 10.5 Å². The van der Waals surface area contributed by atoms with Crippen molar-refractivity contribution in [3.8, 4) is 9.88 Å². The zero-order valence-corrected chi connectivity index (χ0v) is 12.8. The fraction of sp³-hybridized carbons (Fsp3) is 0.385. The van der Waals surface area contributed by atoms with E-state index in [1.807, 2.05) is 17.5 Å². The van der Waals surface area contributed by atoms with Crippen molar-refractivity contribution in [1.29, 1.82) is 0 Å². The van der Waals surface area contributed by atoms with E-state index in [2.05, 4.69) is 9.72 Å². The Morgan fingerprint density at radius 3 is 2.91 bits per heavy atom. The van der Waals surface area contributed by atoms with E-state index >= 15 is 0 Å². The van der Waals surface area contributed by atoms with E-state index in [1.54, 1.807) is 5.38 Å². The van der Waals surface area contributed by atoms with Gasteiger partial charge in [-0.2, -0.15) is 13.2 Å². The van der Waals surface area contributed by atoms with Crippen LogP contribution in [0.2, 0.25) is 0 Å². The third-order valence-electron chi connectivity index (χ3n) is 3.17. The number of thiazole rings is 1. The highest BCUT2D eigenvalue weighted by atomic mass is 32.1. The first-order chi connectivity index (χ1) is 10.4. The van der Waals surface area contributed by atoms with E-state index in [1.165, 1.54) is 22.7 Å². The lowest BCUT2D eigenvalue weighted by atomic mass is 10.2. The molecule has 1 saturated heterocycles. The maximum atomic E-state index is 12.7. The quantitative estimate of drug-likeness (QED) is 0.836. The van der Waals surface area contributed by atoms with Crippen molar-refractivity contribution in [2.24, 2.45) is 0 Å². The first kappa shape index (κ1) is 15.4. The minimum Gasteiger partial charge on any atom is -0.365 e. The molecule has 1 aliphatic rings. The largest absolute Gasteiger partial charge is 0.416 e. The molecule has 0 spiro atoms. The van der Waals surface area contributed by atoms with Gasteiger partial charge in [0.2, 0.25) is 0 Å². The number of aromatic nitrogens is 1. The Balaban J connectivity index is 1.74. The average Bonchev–Trinajstić information content (AvgIpc) is 3.16. The third-order valence-corrected chi connectivity index (χ3v) is 5.06. The number of halogens is 3. The highest BCUT2D eigenvalue weighted by Gasteiger charge is 2.44. The van der Waals surface area contributed by atoms with Crippen LogP contribution in [-0.2, 0) is 4.74 Å². The number of nitrogens with zero attached hydrogens (tertiary/aromatic N) is 2. The minimum absolute atomic E-state index is 0.127. The standard InChI is InChI=1S/C13H11F3N2O2S2/c14-13(15,16)10-6-18(3-4-20-10)12(19)8-7-22-11(17-8)9-2-1-5-21-9/h1-2,5,7,10H,3-4,6H2. The number of alkyl halides is 3. The van der Waals surface area contributed by atoms with Crippen molar-refractivity contribution >= 4 is 28.6 Å². The molecule has 4 nitrogen and oxygen atoms in total. The number of hydrogen-bond acceptors (Lipinski definition) is 5. The van der Waals surface area contributed by atoms with Crippen molar-refractivity contribution in [3.63, 3.8) is 0 Å². The van der Waals surface area contributed by atoms with Crippen LogP contribution in [0.3, 0.4) is 0 Å². The topological polar surface area (TPSA) is 42.4 Å².